The summed E-state index contributed by atoms with van der Waals surface area (Å²) in [7, 11) is 0. The molecule has 0 aromatic rings. The van der Waals surface area contributed by atoms with Crippen molar-refractivity contribution in [3.8, 4) is 0 Å². The summed E-state index contributed by atoms with van der Waals surface area (Å²) in [6.07, 6.45) is -0.190. The first kappa shape index (κ1) is 10.0. The fourth-order valence-corrected chi connectivity index (χ4v) is 1.60. The number of hydrogen-bond donors (Lipinski definition) is 1. The third kappa shape index (κ3) is 1.20. The van der Waals surface area contributed by atoms with Gasteiger partial charge >= 0.3 is 11.9 Å². The fraction of sp³-hybridized carbons (Fsp3) is 0.778. The van der Waals surface area contributed by atoms with Crippen LogP contribution < -0.4 is 0 Å². The predicted octanol–water partition coefficient (Wildman–Crippen LogP) is 1.05. The van der Waals surface area contributed by atoms with Crippen molar-refractivity contribution in [2.75, 3.05) is 0 Å². The zero-order valence-electron chi connectivity index (χ0n) is 8.03. The molecule has 0 aliphatic carbocycles. The molecular formula is C9H14O4. The Morgan fingerprint density at radius 3 is 2.62 bits per heavy atom. The van der Waals surface area contributed by atoms with Crippen LogP contribution in [0.3, 0.4) is 0 Å². The summed E-state index contributed by atoms with van der Waals surface area (Å²) in [5.74, 6) is -1.41. The highest BCUT2D eigenvalue weighted by Gasteiger charge is 2.60. The van der Waals surface area contributed by atoms with E-state index in [1.807, 2.05) is 13.8 Å². The molecule has 0 radical (unpaired) electrons. The highest BCUT2D eigenvalue weighted by Crippen LogP contribution is 2.44. The molecule has 0 aromatic carbocycles. The Kier molecular flexibility index (Phi) is 2.32. The van der Waals surface area contributed by atoms with Crippen molar-refractivity contribution in [3.63, 3.8) is 0 Å². The lowest BCUT2D eigenvalue weighted by molar-refractivity contribution is -0.219. The first-order valence-electron chi connectivity index (χ1n) is 4.38. The maximum absolute atomic E-state index is 11.2. The molecule has 3 atom stereocenters. The molecule has 74 valence electrons. The lowest BCUT2D eigenvalue weighted by Crippen LogP contribution is -2.61. The fourth-order valence-electron chi connectivity index (χ4n) is 1.60. The maximum Gasteiger partial charge on any atom is 0.346 e. The van der Waals surface area contributed by atoms with Gasteiger partial charge in [0.2, 0.25) is 6.10 Å². The number of aliphatic carboxylic acids is 1. The molecule has 1 N–H and O–H groups in total. The summed E-state index contributed by atoms with van der Waals surface area (Å²) >= 11 is 0. The van der Waals surface area contributed by atoms with Crippen LogP contribution in [0.1, 0.15) is 27.2 Å². The van der Waals surface area contributed by atoms with E-state index in [1.165, 1.54) is 0 Å². The summed E-state index contributed by atoms with van der Waals surface area (Å²) in [6, 6.07) is 0. The van der Waals surface area contributed by atoms with Crippen LogP contribution in [-0.4, -0.2) is 23.1 Å². The smallest absolute Gasteiger partial charge is 0.346 e. The number of carboxylic acids is 1. The molecule has 0 aromatic heterocycles. The first-order chi connectivity index (χ1) is 5.94. The van der Waals surface area contributed by atoms with E-state index >= 15 is 0 Å². The van der Waals surface area contributed by atoms with Gasteiger partial charge in [0, 0.05) is 0 Å². The van der Waals surface area contributed by atoms with E-state index < -0.39 is 23.5 Å². The molecule has 1 rings (SSSR count). The molecule has 0 bridgehead atoms. The SMILES string of the molecule is CC[C@H](C)[C@]1(C)C(=O)O[C@H]1C(=O)O. The number of esters is 1. The summed E-state index contributed by atoms with van der Waals surface area (Å²) in [6.45, 7) is 5.46. The normalized spacial score (nSPS) is 34.7. The Morgan fingerprint density at radius 1 is 1.77 bits per heavy atom. The number of carbonyl (C=O) groups is 2. The minimum Gasteiger partial charge on any atom is -0.478 e. The second-order valence-corrected chi connectivity index (χ2v) is 3.72. The molecule has 1 saturated heterocycles. The molecular weight excluding hydrogens is 172 g/mol. The number of cyclic esters (lactones) is 1. The van der Waals surface area contributed by atoms with Gasteiger partial charge in [0.1, 0.15) is 5.41 Å². The number of ether oxygens (including phenoxy) is 1. The van der Waals surface area contributed by atoms with Gasteiger partial charge in [-0.05, 0) is 12.8 Å². The summed E-state index contributed by atoms with van der Waals surface area (Å²) in [4.78, 5) is 21.9. The average Bonchev–Trinajstić information content (AvgIpc) is 2.10. The quantitative estimate of drug-likeness (QED) is 0.669. The Labute approximate surface area is 76.9 Å². The van der Waals surface area contributed by atoms with E-state index in [-0.39, 0.29) is 5.92 Å². The van der Waals surface area contributed by atoms with Crippen molar-refractivity contribution in [1.82, 2.24) is 0 Å². The molecule has 1 heterocycles. The minimum absolute atomic E-state index is 0.0369. The van der Waals surface area contributed by atoms with Crippen molar-refractivity contribution in [2.24, 2.45) is 11.3 Å². The predicted molar refractivity (Wildman–Crippen MR) is 45.1 cm³/mol. The summed E-state index contributed by atoms with van der Waals surface area (Å²) in [5.41, 5.74) is -0.833. The molecule has 0 unspecified atom stereocenters. The van der Waals surface area contributed by atoms with Crippen LogP contribution in [0.25, 0.3) is 0 Å². The molecule has 1 aliphatic rings. The average molecular weight is 186 g/mol. The monoisotopic (exact) mass is 186 g/mol. The van der Waals surface area contributed by atoms with Crippen LogP contribution in [0.15, 0.2) is 0 Å². The topological polar surface area (TPSA) is 63.6 Å². The highest BCUT2D eigenvalue weighted by atomic mass is 16.6. The zero-order valence-corrected chi connectivity index (χ0v) is 8.03. The van der Waals surface area contributed by atoms with Crippen molar-refractivity contribution < 1.29 is 19.4 Å². The van der Waals surface area contributed by atoms with Gasteiger partial charge in [0.25, 0.3) is 0 Å². The largest absolute Gasteiger partial charge is 0.478 e. The third-order valence-corrected chi connectivity index (χ3v) is 3.07. The number of carboxylic acid groups (broad SMARTS) is 1. The van der Waals surface area contributed by atoms with Gasteiger partial charge in [-0.3, -0.25) is 4.79 Å². The molecule has 1 aliphatic heterocycles. The van der Waals surface area contributed by atoms with Crippen molar-refractivity contribution >= 4 is 11.9 Å². The Morgan fingerprint density at radius 2 is 2.31 bits per heavy atom. The lowest BCUT2D eigenvalue weighted by Gasteiger charge is -2.45. The van der Waals surface area contributed by atoms with Gasteiger partial charge in [-0.1, -0.05) is 20.3 Å². The molecule has 0 spiro atoms. The van der Waals surface area contributed by atoms with Crippen LogP contribution in [0.2, 0.25) is 0 Å². The van der Waals surface area contributed by atoms with Gasteiger partial charge in [0.05, 0.1) is 0 Å². The molecule has 0 amide bonds. The van der Waals surface area contributed by atoms with Crippen LogP contribution in [0.4, 0.5) is 0 Å². The van der Waals surface area contributed by atoms with Crippen LogP contribution >= 0.6 is 0 Å². The Bertz CT molecular complexity index is 248. The van der Waals surface area contributed by atoms with Crippen molar-refractivity contribution in [1.29, 1.82) is 0 Å². The second-order valence-electron chi connectivity index (χ2n) is 3.72. The Balaban J connectivity index is 2.85. The van der Waals surface area contributed by atoms with Gasteiger partial charge in [-0.25, -0.2) is 4.79 Å². The van der Waals surface area contributed by atoms with Gasteiger partial charge < -0.3 is 9.84 Å². The van der Waals surface area contributed by atoms with E-state index in [0.717, 1.165) is 6.42 Å². The minimum atomic E-state index is -1.05. The summed E-state index contributed by atoms with van der Waals surface area (Å²) < 4.78 is 4.60. The third-order valence-electron chi connectivity index (χ3n) is 3.07. The van der Waals surface area contributed by atoms with Gasteiger partial charge in [-0.15, -0.1) is 0 Å². The van der Waals surface area contributed by atoms with E-state index in [0.29, 0.717) is 0 Å². The molecule has 1 fully saturated rings. The zero-order chi connectivity index (χ0) is 10.2. The van der Waals surface area contributed by atoms with E-state index in [1.54, 1.807) is 6.92 Å². The number of hydrogen-bond acceptors (Lipinski definition) is 3. The van der Waals surface area contributed by atoms with Crippen LogP contribution in [-0.2, 0) is 14.3 Å². The summed E-state index contributed by atoms with van der Waals surface area (Å²) in [5, 5.41) is 8.75. The van der Waals surface area contributed by atoms with Crippen molar-refractivity contribution in [2.45, 2.75) is 33.3 Å². The maximum atomic E-state index is 11.2. The van der Waals surface area contributed by atoms with Gasteiger partial charge in [-0.2, -0.15) is 0 Å². The van der Waals surface area contributed by atoms with E-state index in [2.05, 4.69) is 4.74 Å². The highest BCUT2D eigenvalue weighted by molar-refractivity contribution is 5.93. The number of rotatable bonds is 3. The van der Waals surface area contributed by atoms with Gasteiger partial charge in [0.15, 0.2) is 0 Å². The number of carbonyl (C=O) groups excluding carboxylic acids is 1. The standard InChI is InChI=1S/C9H14O4/c1-4-5(2)9(3)6(7(10)11)13-8(9)12/h5-6H,4H2,1-3H3,(H,10,11)/t5-,6-,9-/m0/s1. The molecule has 4 nitrogen and oxygen atoms in total. The molecule has 0 saturated carbocycles. The Hall–Kier alpha value is -1.06. The lowest BCUT2D eigenvalue weighted by atomic mass is 9.69. The van der Waals surface area contributed by atoms with E-state index in [4.69, 9.17) is 5.11 Å². The first-order valence-corrected chi connectivity index (χ1v) is 4.38. The molecule has 13 heavy (non-hydrogen) atoms. The van der Waals surface area contributed by atoms with Crippen LogP contribution in [0.5, 0.6) is 0 Å². The van der Waals surface area contributed by atoms with Crippen molar-refractivity contribution in [3.05, 3.63) is 0 Å². The van der Waals surface area contributed by atoms with E-state index in [9.17, 15) is 9.59 Å². The van der Waals surface area contributed by atoms with Crippen LogP contribution in [0, 0.1) is 11.3 Å². The molecule has 4 heteroatoms. The second kappa shape index (κ2) is 3.01.